The van der Waals surface area contributed by atoms with Crippen LogP contribution in [-0.4, -0.2) is 23.0 Å². The van der Waals surface area contributed by atoms with Gasteiger partial charge in [0.25, 0.3) is 5.56 Å². The van der Waals surface area contributed by atoms with Crippen LogP contribution in [0.4, 0.5) is 5.69 Å². The summed E-state index contributed by atoms with van der Waals surface area (Å²) in [6.45, 7) is 0. The molecule has 0 radical (unpaired) electrons. The number of nitrogens with zero attached hydrogens (tertiary/aromatic N) is 1. The van der Waals surface area contributed by atoms with Gasteiger partial charge in [-0.2, -0.15) is 0 Å². The molecule has 0 atom stereocenters. The Morgan fingerprint density at radius 1 is 1.21 bits per heavy atom. The molecule has 2 aromatic carbocycles. The Bertz CT molecular complexity index is 1020. The molecule has 0 saturated heterocycles. The lowest BCUT2D eigenvalue weighted by molar-refractivity contribution is -0.115. The van der Waals surface area contributed by atoms with Crippen LogP contribution in [-0.2, 0) is 17.0 Å². The second kappa shape index (κ2) is 9.57. The quantitative estimate of drug-likeness (QED) is 0.411. The molecule has 0 bridgehead atoms. The number of methoxy groups -OCH3 is 1. The number of hydrogen-bond donors (Lipinski definition) is 2. The Labute approximate surface area is 174 Å². The number of halogens is 1. The van der Waals surface area contributed by atoms with Crippen molar-refractivity contribution in [3.8, 4) is 5.75 Å². The monoisotopic (exact) mass is 459 g/mol. The molecule has 6 nitrogen and oxygen atoms in total. The first kappa shape index (κ1) is 20.2. The average Bonchev–Trinajstić information content (AvgIpc) is 2.68. The minimum absolute atomic E-state index is 0.0205. The van der Waals surface area contributed by atoms with Crippen molar-refractivity contribution in [3.63, 3.8) is 0 Å². The number of amides is 1. The number of nitrogens with one attached hydrogen (secondary N) is 2. The number of aromatic amines is 1. The molecule has 1 aromatic heterocycles. The molecule has 0 aliphatic carbocycles. The number of thioether (sulfide) groups is 1. The van der Waals surface area contributed by atoms with Crippen LogP contribution in [0.2, 0.25) is 0 Å². The summed E-state index contributed by atoms with van der Waals surface area (Å²) in [5.41, 5.74) is 1.87. The third-order valence-corrected chi connectivity index (χ3v) is 5.23. The van der Waals surface area contributed by atoms with Crippen LogP contribution < -0.4 is 15.6 Å². The van der Waals surface area contributed by atoms with E-state index in [0.29, 0.717) is 22.3 Å². The van der Waals surface area contributed by atoms with Gasteiger partial charge >= 0.3 is 0 Å². The zero-order valence-corrected chi connectivity index (χ0v) is 17.5. The molecular formula is C20H18BrN3O3S. The van der Waals surface area contributed by atoms with Crippen LogP contribution in [0.1, 0.15) is 11.3 Å². The van der Waals surface area contributed by atoms with Gasteiger partial charge in [0.05, 0.1) is 19.2 Å². The maximum atomic E-state index is 12.2. The molecule has 2 N–H and O–H groups in total. The SMILES string of the molecule is COc1cccc(CSc2nc(CC(=O)Nc3ccc(Br)cc3)cc(=O)[nH]2)c1. The molecule has 0 spiro atoms. The second-order valence-corrected chi connectivity index (χ2v) is 7.79. The van der Waals surface area contributed by atoms with E-state index in [0.717, 1.165) is 15.8 Å². The number of anilines is 1. The number of benzene rings is 2. The van der Waals surface area contributed by atoms with Crippen molar-refractivity contribution >= 4 is 39.3 Å². The predicted octanol–water partition coefficient (Wildman–Crippen LogP) is 4.01. The largest absolute Gasteiger partial charge is 0.497 e. The Morgan fingerprint density at radius 2 is 2.00 bits per heavy atom. The number of ether oxygens (including phenoxy) is 1. The van der Waals surface area contributed by atoms with E-state index in [4.69, 9.17) is 4.74 Å². The van der Waals surface area contributed by atoms with Gasteiger partial charge in [0.2, 0.25) is 5.91 Å². The zero-order chi connectivity index (χ0) is 19.9. The Morgan fingerprint density at radius 3 is 2.75 bits per heavy atom. The molecule has 0 aliphatic heterocycles. The van der Waals surface area contributed by atoms with Crippen molar-refractivity contribution in [1.82, 2.24) is 9.97 Å². The number of H-pyrrole nitrogens is 1. The fourth-order valence-corrected chi connectivity index (χ4v) is 3.56. The van der Waals surface area contributed by atoms with Crippen LogP contribution in [0, 0.1) is 0 Å². The number of aromatic nitrogens is 2. The summed E-state index contributed by atoms with van der Waals surface area (Å²) < 4.78 is 6.14. The van der Waals surface area contributed by atoms with Gasteiger partial charge in [0, 0.05) is 22.0 Å². The molecule has 144 valence electrons. The molecule has 0 saturated carbocycles. The number of rotatable bonds is 7. The van der Waals surface area contributed by atoms with Crippen LogP contribution in [0.25, 0.3) is 0 Å². The normalized spacial score (nSPS) is 10.5. The maximum absolute atomic E-state index is 12.2. The lowest BCUT2D eigenvalue weighted by Crippen LogP contribution is -2.18. The Balaban J connectivity index is 1.64. The van der Waals surface area contributed by atoms with Crippen molar-refractivity contribution in [2.45, 2.75) is 17.3 Å². The molecule has 0 unspecified atom stereocenters. The predicted molar refractivity (Wildman–Crippen MR) is 114 cm³/mol. The van der Waals surface area contributed by atoms with E-state index in [-0.39, 0.29) is 17.9 Å². The Kier molecular flexibility index (Phi) is 6.89. The molecule has 3 aromatic rings. The first-order valence-electron chi connectivity index (χ1n) is 8.43. The van der Waals surface area contributed by atoms with E-state index in [2.05, 4.69) is 31.2 Å². The van der Waals surface area contributed by atoms with E-state index in [1.165, 1.54) is 17.8 Å². The first-order chi connectivity index (χ1) is 13.5. The minimum Gasteiger partial charge on any atom is -0.497 e. The van der Waals surface area contributed by atoms with Gasteiger partial charge in [-0.15, -0.1) is 0 Å². The third kappa shape index (κ3) is 5.97. The van der Waals surface area contributed by atoms with Crippen LogP contribution >= 0.6 is 27.7 Å². The molecule has 3 rings (SSSR count). The van der Waals surface area contributed by atoms with Gasteiger partial charge in [-0.25, -0.2) is 4.98 Å². The zero-order valence-electron chi connectivity index (χ0n) is 15.1. The van der Waals surface area contributed by atoms with Crippen molar-refractivity contribution in [2.24, 2.45) is 0 Å². The lowest BCUT2D eigenvalue weighted by atomic mass is 10.2. The van der Waals surface area contributed by atoms with Gasteiger partial charge < -0.3 is 15.0 Å². The molecule has 8 heteroatoms. The summed E-state index contributed by atoms with van der Waals surface area (Å²) >= 11 is 4.75. The topological polar surface area (TPSA) is 84.1 Å². The van der Waals surface area contributed by atoms with Gasteiger partial charge in [-0.05, 0) is 42.0 Å². The highest BCUT2D eigenvalue weighted by molar-refractivity contribution is 9.10. The van der Waals surface area contributed by atoms with Crippen LogP contribution in [0.5, 0.6) is 5.75 Å². The standard InChI is InChI=1S/C20H18BrN3O3S/c1-27-17-4-2-3-13(9-17)12-28-20-23-16(11-19(26)24-20)10-18(25)22-15-7-5-14(21)6-8-15/h2-9,11H,10,12H2,1H3,(H,22,25)(H,23,24,26). The van der Waals surface area contributed by atoms with Gasteiger partial charge in [0.15, 0.2) is 5.16 Å². The smallest absolute Gasteiger partial charge is 0.251 e. The van der Waals surface area contributed by atoms with Crippen molar-refractivity contribution in [2.75, 3.05) is 12.4 Å². The first-order valence-corrected chi connectivity index (χ1v) is 10.2. The highest BCUT2D eigenvalue weighted by Crippen LogP contribution is 2.21. The summed E-state index contributed by atoms with van der Waals surface area (Å²) in [4.78, 5) is 31.3. The second-order valence-electron chi connectivity index (χ2n) is 5.91. The van der Waals surface area contributed by atoms with E-state index >= 15 is 0 Å². The summed E-state index contributed by atoms with van der Waals surface area (Å²) in [6.07, 6.45) is 0.0205. The summed E-state index contributed by atoms with van der Waals surface area (Å²) in [5, 5.41) is 3.27. The van der Waals surface area contributed by atoms with Crippen molar-refractivity contribution < 1.29 is 9.53 Å². The molecule has 28 heavy (non-hydrogen) atoms. The highest BCUT2D eigenvalue weighted by Gasteiger charge is 2.09. The molecular weight excluding hydrogens is 442 g/mol. The molecule has 1 amide bonds. The molecule has 1 heterocycles. The fourth-order valence-electron chi connectivity index (χ4n) is 2.46. The number of carbonyl (C=O) groups excluding carboxylic acids is 1. The number of carbonyl (C=O) groups is 1. The molecule has 0 fully saturated rings. The van der Waals surface area contributed by atoms with Crippen molar-refractivity contribution in [1.29, 1.82) is 0 Å². The maximum Gasteiger partial charge on any atom is 0.251 e. The fraction of sp³-hybridized carbons (Fsp3) is 0.150. The van der Waals surface area contributed by atoms with Crippen LogP contribution in [0.3, 0.4) is 0 Å². The highest BCUT2D eigenvalue weighted by atomic mass is 79.9. The number of hydrogen-bond acceptors (Lipinski definition) is 5. The van der Waals surface area contributed by atoms with Gasteiger partial charge in [0.1, 0.15) is 5.75 Å². The molecule has 0 aliphatic rings. The van der Waals surface area contributed by atoms with Crippen LogP contribution in [0.15, 0.2) is 69.0 Å². The Hall–Kier alpha value is -2.58. The van der Waals surface area contributed by atoms with Gasteiger partial charge in [-0.1, -0.05) is 39.8 Å². The van der Waals surface area contributed by atoms with E-state index in [1.54, 1.807) is 19.2 Å². The summed E-state index contributed by atoms with van der Waals surface area (Å²) in [5.74, 6) is 1.16. The van der Waals surface area contributed by atoms with Gasteiger partial charge in [-0.3, -0.25) is 9.59 Å². The van der Waals surface area contributed by atoms with Crippen molar-refractivity contribution in [3.05, 3.63) is 80.7 Å². The summed E-state index contributed by atoms with van der Waals surface area (Å²) in [7, 11) is 1.62. The lowest BCUT2D eigenvalue weighted by Gasteiger charge is -2.07. The average molecular weight is 460 g/mol. The third-order valence-electron chi connectivity index (χ3n) is 3.75. The summed E-state index contributed by atoms with van der Waals surface area (Å²) in [6, 6.07) is 16.3. The van der Waals surface area contributed by atoms with E-state index in [9.17, 15) is 9.59 Å². The van der Waals surface area contributed by atoms with E-state index < -0.39 is 0 Å². The minimum atomic E-state index is -0.283. The van der Waals surface area contributed by atoms with E-state index in [1.807, 2.05) is 36.4 Å².